The third-order valence-electron chi connectivity index (χ3n) is 9.98. The number of pyridine rings is 1. The Bertz CT molecular complexity index is 1880. The normalized spacial score (nSPS) is 32.4. The van der Waals surface area contributed by atoms with E-state index in [2.05, 4.69) is 26.6 Å². The molecule has 0 spiro atoms. The monoisotopic (exact) mass is 714 g/mol. The first kappa shape index (κ1) is 40.2. The quantitative estimate of drug-likeness (QED) is 0.0932. The number of aliphatic hydroxyl groups is 1. The molecular weight excluding hydrogens is 666 g/mol. The Morgan fingerprint density at radius 2 is 1.96 bits per heavy atom. The zero-order valence-corrected chi connectivity index (χ0v) is 30.5. The maximum absolute atomic E-state index is 16.5. The van der Waals surface area contributed by atoms with Crippen LogP contribution in [0.25, 0.3) is 17.0 Å². The number of ether oxygens (including phenoxy) is 2. The molecule has 3 heterocycles. The van der Waals surface area contributed by atoms with Crippen molar-refractivity contribution in [1.29, 1.82) is 0 Å². The van der Waals surface area contributed by atoms with E-state index in [1.165, 1.54) is 19.2 Å². The largest absolute Gasteiger partial charge is 0.454 e. The summed E-state index contributed by atoms with van der Waals surface area (Å²) in [5, 5.41) is 19.6. The van der Waals surface area contributed by atoms with Crippen molar-refractivity contribution < 1.29 is 28.6 Å². The number of ketones is 1. The predicted octanol–water partition coefficient (Wildman–Crippen LogP) is 3.29. The molecule has 5 N–H and O–H groups in total. The summed E-state index contributed by atoms with van der Waals surface area (Å²) >= 11 is 0. The molecule has 52 heavy (non-hydrogen) atoms. The third kappa shape index (κ3) is 8.38. The van der Waals surface area contributed by atoms with Crippen LogP contribution in [0, 0.1) is 24.3 Å². The number of nitrogen functional groups attached to an aromatic ring is 1. The van der Waals surface area contributed by atoms with E-state index in [-0.39, 0.29) is 24.8 Å². The number of benzene rings is 1. The summed E-state index contributed by atoms with van der Waals surface area (Å²) in [5.74, 6) is -5.27. The lowest BCUT2D eigenvalue weighted by Gasteiger charge is -2.44. The van der Waals surface area contributed by atoms with Crippen molar-refractivity contribution in [2.45, 2.75) is 95.4 Å². The minimum Gasteiger partial charge on any atom is -0.454 e. The highest BCUT2D eigenvalue weighted by Crippen LogP contribution is 2.40. The van der Waals surface area contributed by atoms with Crippen LogP contribution in [0.4, 0.5) is 10.2 Å². The first-order valence-corrected chi connectivity index (χ1v) is 17.4. The summed E-state index contributed by atoms with van der Waals surface area (Å²) in [4.78, 5) is 48.9. The van der Waals surface area contributed by atoms with Crippen LogP contribution in [0.2, 0.25) is 5.82 Å². The van der Waals surface area contributed by atoms with Crippen LogP contribution < -0.4 is 22.1 Å². The zero-order chi connectivity index (χ0) is 38.4. The fourth-order valence-corrected chi connectivity index (χ4v) is 6.98. The number of alkyl halides is 1. The number of nitrogens with one attached hydrogen (secondary N) is 2. The van der Waals surface area contributed by atoms with Gasteiger partial charge in [0.05, 0.1) is 25.6 Å². The molecule has 0 saturated carbocycles. The minimum absolute atomic E-state index is 0.104. The molecule has 2 radical (unpaired) electrons. The Balaban J connectivity index is 1.72. The molecule has 0 aliphatic carbocycles. The van der Waals surface area contributed by atoms with E-state index in [4.69, 9.17) is 29.5 Å². The lowest BCUT2D eigenvalue weighted by atomic mass is 9.62. The maximum Gasteiger partial charge on any atom is 0.352 e. The molecule has 0 unspecified atom stereocenters. The number of anilines is 1. The molecule has 1 saturated heterocycles. The second-order valence-corrected chi connectivity index (χ2v) is 14.0. The van der Waals surface area contributed by atoms with E-state index in [0.29, 0.717) is 13.0 Å². The van der Waals surface area contributed by atoms with Crippen LogP contribution in [0.15, 0.2) is 59.7 Å². The molecular formula is C38H48BFN6O6. The van der Waals surface area contributed by atoms with Crippen molar-refractivity contribution >= 4 is 42.4 Å². The Kier molecular flexibility index (Phi) is 12.7. The molecule has 4 rings (SSSR count). The lowest BCUT2D eigenvalue weighted by Crippen LogP contribution is -2.67. The first-order valence-electron chi connectivity index (χ1n) is 17.4. The van der Waals surface area contributed by atoms with Crippen LogP contribution in [0.1, 0.15) is 59.9 Å². The number of Topliss-reactive ketones (excluding diaryl/α,β-unsaturated/α-hetero) is 1. The average Bonchev–Trinajstić information content (AvgIpc) is 3.11. The van der Waals surface area contributed by atoms with E-state index in [1.54, 1.807) is 27.0 Å². The number of hydrogen-bond donors (Lipinski definition) is 4. The van der Waals surface area contributed by atoms with Gasteiger partial charge < -0.3 is 30.9 Å². The van der Waals surface area contributed by atoms with E-state index >= 15 is 4.39 Å². The first-order chi connectivity index (χ1) is 24.5. The number of fused-ring (bicyclic) bond motifs is 1. The summed E-state index contributed by atoms with van der Waals surface area (Å²) in [5.41, 5.74) is -0.353. The van der Waals surface area contributed by atoms with Crippen LogP contribution in [0.3, 0.4) is 0 Å². The Morgan fingerprint density at radius 1 is 1.25 bits per heavy atom. The number of esters is 1. The summed E-state index contributed by atoms with van der Waals surface area (Å²) in [6.45, 7) is 9.65. The number of para-hydroxylation sites is 1. The summed E-state index contributed by atoms with van der Waals surface area (Å²) in [6, 6.07) is 11.4. The molecule has 12 nitrogen and oxygen atoms in total. The predicted molar refractivity (Wildman–Crippen MR) is 199 cm³/mol. The Hall–Kier alpha value is -4.58. The Labute approximate surface area is 305 Å². The molecule has 1 fully saturated rings. The fraction of sp³-hybridized carbons (Fsp3) is 0.500. The molecule has 1 aliphatic rings. The number of cyclic esters (lactones) is 1. The number of nitrogens with two attached hydrogens (primary N) is 1. The zero-order valence-electron chi connectivity index (χ0n) is 30.5. The van der Waals surface area contributed by atoms with E-state index in [1.807, 2.05) is 49.4 Å². The van der Waals surface area contributed by atoms with Gasteiger partial charge in [-0.2, -0.15) is 4.98 Å². The SMILES string of the molecule is [B][C@@H]1[C@@H](C)C(=O)[C@](C)(F)C(=O)O[C@H](CC)[C@](O)(n2ccc(N)nc2=O)[C@H](NC#C)[C@@H](C)NC[C@H](C)C[C@@]1(C)OC/C=C/c1cnc2ccccc2c1. The van der Waals surface area contributed by atoms with Crippen LogP contribution >= 0.6 is 0 Å². The van der Waals surface area contributed by atoms with Crippen molar-refractivity contribution in [3.63, 3.8) is 0 Å². The second kappa shape index (κ2) is 16.4. The molecule has 0 amide bonds. The van der Waals surface area contributed by atoms with Gasteiger partial charge in [-0.15, -0.1) is 0 Å². The van der Waals surface area contributed by atoms with Gasteiger partial charge in [-0.25, -0.2) is 14.0 Å². The molecule has 14 heteroatoms. The van der Waals surface area contributed by atoms with Gasteiger partial charge in [0.15, 0.2) is 11.9 Å². The molecule has 1 aliphatic heterocycles. The van der Waals surface area contributed by atoms with Crippen molar-refractivity contribution in [2.75, 3.05) is 18.9 Å². The van der Waals surface area contributed by atoms with Gasteiger partial charge in [0.2, 0.25) is 5.72 Å². The van der Waals surface area contributed by atoms with Crippen LogP contribution in [0.5, 0.6) is 0 Å². The van der Waals surface area contributed by atoms with Gasteiger partial charge in [0, 0.05) is 35.8 Å². The minimum atomic E-state index is -3.20. The molecule has 276 valence electrons. The highest BCUT2D eigenvalue weighted by Gasteiger charge is 2.55. The molecule has 2 aromatic heterocycles. The van der Waals surface area contributed by atoms with Crippen molar-refractivity contribution in [2.24, 2.45) is 11.8 Å². The molecule has 3 aromatic rings. The fourth-order valence-electron chi connectivity index (χ4n) is 6.98. The second-order valence-electron chi connectivity index (χ2n) is 14.0. The number of aromatic nitrogens is 3. The van der Waals surface area contributed by atoms with Crippen LogP contribution in [-0.2, 0) is 24.8 Å². The van der Waals surface area contributed by atoms with Crippen molar-refractivity contribution in [3.05, 3.63) is 70.9 Å². The highest BCUT2D eigenvalue weighted by molar-refractivity contribution is 6.17. The van der Waals surface area contributed by atoms with Crippen molar-refractivity contribution in [3.8, 4) is 12.5 Å². The molecule has 9 atom stereocenters. The topological polar surface area (TPSA) is 171 Å². The van der Waals surface area contributed by atoms with Gasteiger partial charge in [0.1, 0.15) is 11.9 Å². The number of halogens is 1. The Morgan fingerprint density at radius 3 is 2.63 bits per heavy atom. The van der Waals surface area contributed by atoms with Gasteiger partial charge >= 0.3 is 11.7 Å². The average molecular weight is 715 g/mol. The number of rotatable bonds is 7. The number of carbonyl (C=O) groups is 2. The summed E-state index contributed by atoms with van der Waals surface area (Å²) < 4.78 is 29.4. The number of nitrogens with zero attached hydrogens (tertiary/aromatic N) is 3. The standard InChI is InChI=1S/C38H48BFN6O6/c1-8-29-38(50,46-17-16-30(41)45-35(46)49)32(42-9-2)25(5)43-21-23(3)20-36(6,31(39)24(4)33(47)37(7,40)34(48)52-29)51-18-12-13-26-19-27-14-10-11-15-28(27)44-22-26/h2,10-17,19,22-25,29,31-32,42-43,50H,8,18,20-21H2,1,3-7H3,(H2,41,45,49)/b13-12+/t23-,24-,25-,29-,31-,32-,36-,37+,38-/m1/s1. The number of terminal acetylenes is 1. The van der Waals surface area contributed by atoms with Gasteiger partial charge in [-0.05, 0) is 75.7 Å². The molecule has 0 bridgehead atoms. The third-order valence-corrected chi connectivity index (χ3v) is 9.98. The maximum atomic E-state index is 16.5. The van der Waals surface area contributed by atoms with Crippen LogP contribution in [-0.4, -0.2) is 81.8 Å². The smallest absolute Gasteiger partial charge is 0.352 e. The van der Waals surface area contributed by atoms with E-state index in [9.17, 15) is 19.5 Å². The molecule has 1 aromatic carbocycles. The van der Waals surface area contributed by atoms with E-state index in [0.717, 1.165) is 28.0 Å². The number of hydrogen-bond acceptors (Lipinski definition) is 11. The summed E-state index contributed by atoms with van der Waals surface area (Å²) in [7, 11) is 6.76. The van der Waals surface area contributed by atoms with Crippen molar-refractivity contribution in [1.82, 2.24) is 25.2 Å². The van der Waals surface area contributed by atoms with E-state index < -0.39 is 64.4 Å². The summed E-state index contributed by atoms with van der Waals surface area (Å²) in [6.07, 6.45) is 10.9. The number of carbonyl (C=O) groups excluding carboxylic acids is 2. The van der Waals surface area contributed by atoms with Gasteiger partial charge in [-0.1, -0.05) is 57.5 Å². The highest BCUT2D eigenvalue weighted by atomic mass is 19.1. The lowest BCUT2D eigenvalue weighted by molar-refractivity contribution is -0.204. The van der Waals surface area contributed by atoms with Gasteiger partial charge in [-0.3, -0.25) is 14.3 Å². The van der Waals surface area contributed by atoms with Gasteiger partial charge in [0.25, 0.3) is 5.67 Å².